The third-order valence-corrected chi connectivity index (χ3v) is 4.03. The quantitative estimate of drug-likeness (QED) is 0.687. The van der Waals surface area contributed by atoms with Crippen molar-refractivity contribution in [3.8, 4) is 5.75 Å². The summed E-state index contributed by atoms with van der Waals surface area (Å²) in [6.07, 6.45) is 0. The fourth-order valence-corrected chi connectivity index (χ4v) is 2.78. The lowest BCUT2D eigenvalue weighted by Crippen LogP contribution is -2.02. The second kappa shape index (κ2) is 4.05. The van der Waals surface area contributed by atoms with Crippen molar-refractivity contribution in [3.63, 3.8) is 0 Å². The second-order valence-corrected chi connectivity index (χ2v) is 4.71. The van der Waals surface area contributed by atoms with Crippen molar-refractivity contribution >= 4 is 11.6 Å². The van der Waals surface area contributed by atoms with Crippen LogP contribution in [0.25, 0.3) is 0 Å². The van der Waals surface area contributed by atoms with Crippen molar-refractivity contribution in [2.75, 3.05) is 6.61 Å². The molecule has 3 unspecified atom stereocenters. The van der Waals surface area contributed by atoms with Gasteiger partial charge < -0.3 is 4.74 Å². The maximum absolute atomic E-state index is 6.40. The summed E-state index contributed by atoms with van der Waals surface area (Å²) in [7, 11) is 0. The van der Waals surface area contributed by atoms with Crippen LogP contribution in [-0.2, 0) is 0 Å². The summed E-state index contributed by atoms with van der Waals surface area (Å²) in [6.45, 7) is 7.16. The summed E-state index contributed by atoms with van der Waals surface area (Å²) in [6, 6.07) is 6.19. The fraction of sp³-hybridized carbons (Fsp3) is 0.538. The lowest BCUT2D eigenvalue weighted by molar-refractivity contribution is 0.333. The molecule has 2 heteroatoms. The van der Waals surface area contributed by atoms with Gasteiger partial charge >= 0.3 is 0 Å². The molecular formula is C13H17ClO. The Hall–Kier alpha value is -0.690. The number of halogens is 1. The lowest BCUT2D eigenvalue weighted by Gasteiger charge is -2.14. The van der Waals surface area contributed by atoms with Crippen LogP contribution >= 0.6 is 11.6 Å². The molecule has 1 aromatic rings. The molecule has 1 aromatic carbocycles. The van der Waals surface area contributed by atoms with Crippen LogP contribution in [0.4, 0.5) is 0 Å². The SMILES string of the molecule is CCOc1cccc2c1C(C)C(C)C2Cl. The zero-order valence-corrected chi connectivity index (χ0v) is 10.2. The molecule has 3 atom stereocenters. The number of alkyl halides is 1. The van der Waals surface area contributed by atoms with Crippen molar-refractivity contribution in [2.45, 2.75) is 32.1 Å². The molecular weight excluding hydrogens is 208 g/mol. The summed E-state index contributed by atoms with van der Waals surface area (Å²) in [5.41, 5.74) is 2.56. The smallest absolute Gasteiger partial charge is 0.123 e. The van der Waals surface area contributed by atoms with E-state index >= 15 is 0 Å². The van der Waals surface area contributed by atoms with Crippen LogP contribution in [0, 0.1) is 5.92 Å². The number of fused-ring (bicyclic) bond motifs is 1. The first-order chi connectivity index (χ1) is 7.16. The van der Waals surface area contributed by atoms with Crippen LogP contribution in [0.15, 0.2) is 18.2 Å². The molecule has 0 spiro atoms. The third-order valence-electron chi connectivity index (χ3n) is 3.40. The monoisotopic (exact) mass is 224 g/mol. The van der Waals surface area contributed by atoms with Crippen LogP contribution in [0.2, 0.25) is 0 Å². The summed E-state index contributed by atoms with van der Waals surface area (Å²) in [5.74, 6) is 1.99. The van der Waals surface area contributed by atoms with Gasteiger partial charge in [0.05, 0.1) is 12.0 Å². The molecule has 0 saturated heterocycles. The van der Waals surface area contributed by atoms with E-state index in [1.165, 1.54) is 11.1 Å². The maximum Gasteiger partial charge on any atom is 0.123 e. The third kappa shape index (κ3) is 1.63. The van der Waals surface area contributed by atoms with Gasteiger partial charge in [-0.2, -0.15) is 0 Å². The van der Waals surface area contributed by atoms with Gasteiger partial charge in [0.25, 0.3) is 0 Å². The van der Waals surface area contributed by atoms with Crippen molar-refractivity contribution < 1.29 is 4.74 Å². The van der Waals surface area contributed by atoms with Gasteiger partial charge in [-0.15, -0.1) is 11.6 Å². The van der Waals surface area contributed by atoms with Crippen molar-refractivity contribution in [3.05, 3.63) is 29.3 Å². The van der Waals surface area contributed by atoms with Gasteiger partial charge in [-0.25, -0.2) is 0 Å². The molecule has 0 radical (unpaired) electrons. The largest absolute Gasteiger partial charge is 0.494 e. The topological polar surface area (TPSA) is 9.23 Å². The second-order valence-electron chi connectivity index (χ2n) is 4.24. The first kappa shape index (κ1) is 10.8. The van der Waals surface area contributed by atoms with Gasteiger partial charge in [-0.1, -0.05) is 26.0 Å². The minimum Gasteiger partial charge on any atom is -0.494 e. The summed E-state index contributed by atoms with van der Waals surface area (Å²) in [5, 5.41) is 0.135. The van der Waals surface area contributed by atoms with E-state index in [1.807, 2.05) is 19.1 Å². The molecule has 1 aliphatic rings. The average Bonchev–Trinajstić information content (AvgIpc) is 2.46. The van der Waals surface area contributed by atoms with E-state index in [9.17, 15) is 0 Å². The highest BCUT2D eigenvalue weighted by Crippen LogP contribution is 2.51. The van der Waals surface area contributed by atoms with Crippen molar-refractivity contribution in [1.82, 2.24) is 0 Å². The molecule has 1 aliphatic carbocycles. The van der Waals surface area contributed by atoms with Crippen LogP contribution in [0.1, 0.15) is 43.2 Å². The van der Waals surface area contributed by atoms with Gasteiger partial charge in [0.1, 0.15) is 5.75 Å². The van der Waals surface area contributed by atoms with Gasteiger partial charge in [-0.05, 0) is 30.4 Å². The minimum absolute atomic E-state index is 0.135. The van der Waals surface area contributed by atoms with Crippen LogP contribution in [0.3, 0.4) is 0 Å². The highest BCUT2D eigenvalue weighted by molar-refractivity contribution is 6.21. The van der Waals surface area contributed by atoms with Gasteiger partial charge in [-0.3, -0.25) is 0 Å². The van der Waals surface area contributed by atoms with Crippen LogP contribution in [-0.4, -0.2) is 6.61 Å². The standard InChI is InChI=1S/C13H17ClO/c1-4-15-11-7-5-6-10-12(11)8(2)9(3)13(10)14/h5-9,13H,4H2,1-3H3. The Morgan fingerprint density at radius 2 is 2.07 bits per heavy atom. The Kier molecular flexibility index (Phi) is 2.92. The van der Waals surface area contributed by atoms with Gasteiger partial charge in [0.2, 0.25) is 0 Å². The zero-order valence-electron chi connectivity index (χ0n) is 9.46. The van der Waals surface area contributed by atoms with Crippen molar-refractivity contribution in [1.29, 1.82) is 0 Å². The van der Waals surface area contributed by atoms with E-state index in [-0.39, 0.29) is 5.38 Å². The van der Waals surface area contributed by atoms with Gasteiger partial charge in [0, 0.05) is 5.56 Å². The number of rotatable bonds is 2. The highest BCUT2D eigenvalue weighted by atomic mass is 35.5. The molecule has 0 aliphatic heterocycles. The van der Waals surface area contributed by atoms with E-state index in [4.69, 9.17) is 16.3 Å². The number of ether oxygens (including phenoxy) is 1. The molecule has 0 fully saturated rings. The lowest BCUT2D eigenvalue weighted by atomic mass is 9.96. The summed E-state index contributed by atoms with van der Waals surface area (Å²) >= 11 is 6.40. The molecule has 15 heavy (non-hydrogen) atoms. The number of hydrogen-bond acceptors (Lipinski definition) is 1. The van der Waals surface area contributed by atoms with E-state index in [1.54, 1.807) is 0 Å². The normalized spacial score (nSPS) is 28.9. The zero-order chi connectivity index (χ0) is 11.0. The Balaban J connectivity index is 2.48. The van der Waals surface area contributed by atoms with Crippen LogP contribution < -0.4 is 4.74 Å². The minimum atomic E-state index is 0.135. The fourth-order valence-electron chi connectivity index (χ4n) is 2.37. The van der Waals surface area contributed by atoms with E-state index < -0.39 is 0 Å². The molecule has 2 rings (SSSR count). The van der Waals surface area contributed by atoms with Crippen LogP contribution in [0.5, 0.6) is 5.75 Å². The highest BCUT2D eigenvalue weighted by Gasteiger charge is 2.36. The first-order valence-corrected chi connectivity index (χ1v) is 6.00. The summed E-state index contributed by atoms with van der Waals surface area (Å²) < 4.78 is 5.66. The number of hydrogen-bond donors (Lipinski definition) is 0. The van der Waals surface area contributed by atoms with Gasteiger partial charge in [0.15, 0.2) is 0 Å². The Labute approximate surface area is 96.4 Å². The van der Waals surface area contributed by atoms with E-state index in [0.29, 0.717) is 18.4 Å². The predicted octanol–water partition coefficient (Wildman–Crippen LogP) is 4.12. The maximum atomic E-state index is 6.40. The molecule has 0 saturated carbocycles. The molecule has 82 valence electrons. The Morgan fingerprint density at radius 1 is 1.33 bits per heavy atom. The van der Waals surface area contributed by atoms with E-state index in [2.05, 4.69) is 19.9 Å². The molecule has 0 heterocycles. The Morgan fingerprint density at radius 3 is 2.73 bits per heavy atom. The van der Waals surface area contributed by atoms with E-state index in [0.717, 1.165) is 5.75 Å². The molecule has 1 nitrogen and oxygen atoms in total. The molecule has 0 amide bonds. The Bertz CT molecular complexity index is 362. The summed E-state index contributed by atoms with van der Waals surface area (Å²) in [4.78, 5) is 0. The molecule has 0 aromatic heterocycles. The molecule has 0 N–H and O–H groups in total. The first-order valence-electron chi connectivity index (χ1n) is 5.56. The number of benzene rings is 1. The molecule has 0 bridgehead atoms. The average molecular weight is 225 g/mol. The van der Waals surface area contributed by atoms with Crippen molar-refractivity contribution in [2.24, 2.45) is 5.92 Å². The predicted molar refractivity (Wildman–Crippen MR) is 63.8 cm³/mol.